The summed E-state index contributed by atoms with van der Waals surface area (Å²) in [7, 11) is 1.83. The summed E-state index contributed by atoms with van der Waals surface area (Å²) in [5.74, 6) is 0.917. The SMILES string of the molecule is CN=C(NCc1ccc(SC)cc1)NC1CCCC1.I. The third-order valence-corrected chi connectivity index (χ3v) is 4.28. The Labute approximate surface area is 143 Å². The zero-order chi connectivity index (χ0) is 13.5. The second-order valence-corrected chi connectivity index (χ2v) is 5.78. The Morgan fingerprint density at radius 3 is 2.45 bits per heavy atom. The van der Waals surface area contributed by atoms with E-state index in [1.54, 1.807) is 11.8 Å². The molecule has 0 radical (unpaired) electrons. The number of nitrogens with zero attached hydrogens (tertiary/aromatic N) is 1. The Kier molecular flexibility index (Phi) is 8.37. The normalized spacial score (nSPS) is 15.8. The van der Waals surface area contributed by atoms with Crippen molar-refractivity contribution in [1.82, 2.24) is 10.6 Å². The van der Waals surface area contributed by atoms with Crippen molar-refractivity contribution in [2.45, 2.75) is 43.2 Å². The molecule has 2 N–H and O–H groups in total. The molecule has 0 aliphatic heterocycles. The lowest BCUT2D eigenvalue weighted by molar-refractivity contribution is 0.613. The minimum atomic E-state index is 0. The van der Waals surface area contributed by atoms with Gasteiger partial charge in [-0.1, -0.05) is 25.0 Å². The predicted octanol–water partition coefficient (Wildman–Crippen LogP) is 3.63. The van der Waals surface area contributed by atoms with Gasteiger partial charge in [0.05, 0.1) is 0 Å². The smallest absolute Gasteiger partial charge is 0.191 e. The fraction of sp³-hybridized carbons (Fsp3) is 0.533. The molecular weight excluding hydrogens is 381 g/mol. The zero-order valence-corrected chi connectivity index (χ0v) is 15.3. The standard InChI is InChI=1S/C15H23N3S.HI/c1-16-15(18-13-5-3-4-6-13)17-11-12-7-9-14(19-2)10-8-12;/h7-10,13H,3-6,11H2,1-2H3,(H2,16,17,18);1H. The van der Waals surface area contributed by atoms with E-state index in [1.165, 1.54) is 36.1 Å². The van der Waals surface area contributed by atoms with Gasteiger partial charge in [0.2, 0.25) is 0 Å². The molecule has 1 aromatic rings. The summed E-state index contributed by atoms with van der Waals surface area (Å²) >= 11 is 1.77. The lowest BCUT2D eigenvalue weighted by Gasteiger charge is -2.16. The van der Waals surface area contributed by atoms with Gasteiger partial charge in [-0.15, -0.1) is 35.7 Å². The van der Waals surface area contributed by atoms with Gasteiger partial charge >= 0.3 is 0 Å². The molecule has 20 heavy (non-hydrogen) atoms. The van der Waals surface area contributed by atoms with Crippen LogP contribution in [0.15, 0.2) is 34.2 Å². The summed E-state index contributed by atoms with van der Waals surface area (Å²) in [5.41, 5.74) is 1.28. The third-order valence-electron chi connectivity index (χ3n) is 3.54. The van der Waals surface area contributed by atoms with Crippen LogP contribution in [0.4, 0.5) is 0 Å². The van der Waals surface area contributed by atoms with Crippen molar-refractivity contribution >= 4 is 41.7 Å². The molecule has 1 fully saturated rings. The minimum absolute atomic E-state index is 0. The van der Waals surface area contributed by atoms with Crippen LogP contribution >= 0.6 is 35.7 Å². The molecule has 0 saturated heterocycles. The maximum atomic E-state index is 4.29. The number of rotatable bonds is 4. The highest BCUT2D eigenvalue weighted by molar-refractivity contribution is 14.0. The highest BCUT2D eigenvalue weighted by Gasteiger charge is 2.15. The molecule has 3 nitrogen and oxygen atoms in total. The van der Waals surface area contributed by atoms with Gasteiger partial charge in [-0.25, -0.2) is 0 Å². The number of thioether (sulfide) groups is 1. The van der Waals surface area contributed by atoms with Crippen LogP contribution < -0.4 is 10.6 Å². The summed E-state index contributed by atoms with van der Waals surface area (Å²) in [5, 5.41) is 6.88. The molecule has 0 aromatic heterocycles. The van der Waals surface area contributed by atoms with Crippen LogP contribution in [0.3, 0.4) is 0 Å². The molecule has 0 unspecified atom stereocenters. The minimum Gasteiger partial charge on any atom is -0.354 e. The molecular formula is C15H24IN3S. The number of hydrogen-bond donors (Lipinski definition) is 2. The van der Waals surface area contributed by atoms with Gasteiger partial charge in [0.25, 0.3) is 0 Å². The Morgan fingerprint density at radius 2 is 1.90 bits per heavy atom. The van der Waals surface area contributed by atoms with Crippen molar-refractivity contribution in [3.63, 3.8) is 0 Å². The first-order valence-electron chi connectivity index (χ1n) is 6.92. The summed E-state index contributed by atoms with van der Waals surface area (Å²) in [4.78, 5) is 5.59. The van der Waals surface area contributed by atoms with Crippen molar-refractivity contribution in [2.24, 2.45) is 4.99 Å². The lowest BCUT2D eigenvalue weighted by Crippen LogP contribution is -2.41. The fourth-order valence-corrected chi connectivity index (χ4v) is 2.80. The van der Waals surface area contributed by atoms with Crippen LogP contribution in [0.2, 0.25) is 0 Å². The maximum absolute atomic E-state index is 4.29. The van der Waals surface area contributed by atoms with Gasteiger partial charge < -0.3 is 10.6 Å². The lowest BCUT2D eigenvalue weighted by atomic mass is 10.2. The molecule has 1 aromatic carbocycles. The van der Waals surface area contributed by atoms with E-state index in [9.17, 15) is 0 Å². The summed E-state index contributed by atoms with van der Waals surface area (Å²) < 4.78 is 0. The first kappa shape index (κ1) is 17.6. The van der Waals surface area contributed by atoms with E-state index in [1.807, 2.05) is 7.05 Å². The van der Waals surface area contributed by atoms with E-state index in [0.717, 1.165) is 12.5 Å². The summed E-state index contributed by atoms with van der Waals surface area (Å²) in [6.07, 6.45) is 7.31. The van der Waals surface area contributed by atoms with Gasteiger partial charge in [-0.3, -0.25) is 4.99 Å². The Balaban J connectivity index is 0.00000200. The average molecular weight is 405 g/mol. The quantitative estimate of drug-likeness (QED) is 0.348. The Hall–Kier alpha value is -0.430. The molecule has 0 atom stereocenters. The molecule has 1 aliphatic carbocycles. The summed E-state index contributed by atoms with van der Waals surface area (Å²) in [6, 6.07) is 9.26. The fourth-order valence-electron chi connectivity index (χ4n) is 2.39. The van der Waals surface area contributed by atoms with Crippen LogP contribution in [0.25, 0.3) is 0 Å². The van der Waals surface area contributed by atoms with E-state index in [-0.39, 0.29) is 24.0 Å². The molecule has 1 aliphatic rings. The first-order chi connectivity index (χ1) is 9.31. The van der Waals surface area contributed by atoms with Crippen LogP contribution in [-0.2, 0) is 6.54 Å². The van der Waals surface area contributed by atoms with Gasteiger partial charge in [-0.05, 0) is 36.8 Å². The molecule has 0 spiro atoms. The van der Waals surface area contributed by atoms with E-state index >= 15 is 0 Å². The molecule has 1 saturated carbocycles. The Bertz CT molecular complexity index is 414. The van der Waals surface area contributed by atoms with E-state index in [4.69, 9.17) is 0 Å². The molecule has 5 heteroatoms. The van der Waals surface area contributed by atoms with E-state index in [2.05, 4.69) is 46.1 Å². The highest BCUT2D eigenvalue weighted by atomic mass is 127. The van der Waals surface area contributed by atoms with Crippen molar-refractivity contribution in [1.29, 1.82) is 0 Å². The molecule has 2 rings (SSSR count). The van der Waals surface area contributed by atoms with Gasteiger partial charge in [0.15, 0.2) is 5.96 Å². The first-order valence-corrected chi connectivity index (χ1v) is 8.14. The van der Waals surface area contributed by atoms with Crippen molar-refractivity contribution in [2.75, 3.05) is 13.3 Å². The number of nitrogens with one attached hydrogen (secondary N) is 2. The average Bonchev–Trinajstić information content (AvgIpc) is 2.97. The van der Waals surface area contributed by atoms with Gasteiger partial charge in [0, 0.05) is 24.5 Å². The number of benzene rings is 1. The van der Waals surface area contributed by atoms with Gasteiger partial charge in [0.1, 0.15) is 0 Å². The second kappa shape index (κ2) is 9.50. The number of guanidine groups is 1. The van der Waals surface area contributed by atoms with Crippen LogP contribution in [-0.4, -0.2) is 25.3 Å². The largest absolute Gasteiger partial charge is 0.354 e. The second-order valence-electron chi connectivity index (χ2n) is 4.90. The maximum Gasteiger partial charge on any atom is 0.191 e. The molecule has 0 heterocycles. The van der Waals surface area contributed by atoms with Crippen molar-refractivity contribution in [3.8, 4) is 0 Å². The highest BCUT2D eigenvalue weighted by Crippen LogP contribution is 2.17. The summed E-state index contributed by atoms with van der Waals surface area (Å²) in [6.45, 7) is 0.820. The number of aliphatic imine (C=N–C) groups is 1. The van der Waals surface area contributed by atoms with Gasteiger partial charge in [-0.2, -0.15) is 0 Å². The van der Waals surface area contributed by atoms with E-state index < -0.39 is 0 Å². The molecule has 0 bridgehead atoms. The van der Waals surface area contributed by atoms with Crippen LogP contribution in [0.5, 0.6) is 0 Å². The Morgan fingerprint density at radius 1 is 1.25 bits per heavy atom. The third kappa shape index (κ3) is 5.52. The zero-order valence-electron chi connectivity index (χ0n) is 12.2. The van der Waals surface area contributed by atoms with Crippen molar-refractivity contribution < 1.29 is 0 Å². The molecule has 112 valence electrons. The van der Waals surface area contributed by atoms with Crippen LogP contribution in [0, 0.1) is 0 Å². The predicted molar refractivity (Wildman–Crippen MR) is 99.2 cm³/mol. The van der Waals surface area contributed by atoms with E-state index in [0.29, 0.717) is 6.04 Å². The van der Waals surface area contributed by atoms with Crippen molar-refractivity contribution in [3.05, 3.63) is 29.8 Å². The number of halogens is 1. The monoisotopic (exact) mass is 405 g/mol. The van der Waals surface area contributed by atoms with Crippen LogP contribution in [0.1, 0.15) is 31.2 Å². The topological polar surface area (TPSA) is 36.4 Å². The number of hydrogen-bond acceptors (Lipinski definition) is 2. The molecule has 0 amide bonds.